The number of imidazole rings is 1. The first-order chi connectivity index (χ1) is 11.3. The molecule has 3 aromatic heterocycles. The Hall–Kier alpha value is -3.27. The minimum atomic E-state index is -0.102. The topological polar surface area (TPSA) is 47.3 Å². The standard InChI is InChI=1S/C19H13N3O/c23-19(14-8-2-1-3-9-14)17-18(15-10-4-6-12-20-15)22-13-7-5-11-16(22)21-17/h1-13H. The zero-order valence-corrected chi connectivity index (χ0v) is 12.3. The van der Waals surface area contributed by atoms with Crippen molar-refractivity contribution in [3.8, 4) is 11.4 Å². The van der Waals surface area contributed by atoms with Gasteiger partial charge in [0.15, 0.2) is 0 Å². The number of aromatic nitrogens is 3. The van der Waals surface area contributed by atoms with E-state index >= 15 is 0 Å². The van der Waals surface area contributed by atoms with Gasteiger partial charge in [0.1, 0.15) is 17.0 Å². The summed E-state index contributed by atoms with van der Waals surface area (Å²) in [5.41, 5.74) is 3.21. The Morgan fingerprint density at radius 1 is 0.870 bits per heavy atom. The van der Waals surface area contributed by atoms with Gasteiger partial charge in [0, 0.05) is 18.0 Å². The van der Waals surface area contributed by atoms with E-state index in [4.69, 9.17) is 0 Å². The smallest absolute Gasteiger partial charge is 0.213 e. The van der Waals surface area contributed by atoms with Crippen LogP contribution in [0.2, 0.25) is 0 Å². The second kappa shape index (κ2) is 5.50. The number of benzene rings is 1. The minimum Gasteiger partial charge on any atom is -0.298 e. The molecule has 0 bridgehead atoms. The van der Waals surface area contributed by atoms with Crippen molar-refractivity contribution in [3.63, 3.8) is 0 Å². The summed E-state index contributed by atoms with van der Waals surface area (Å²) in [5, 5.41) is 0. The van der Waals surface area contributed by atoms with Gasteiger partial charge in [0.05, 0.1) is 5.69 Å². The van der Waals surface area contributed by atoms with E-state index in [2.05, 4.69) is 9.97 Å². The average Bonchev–Trinajstić information content (AvgIpc) is 3.02. The molecule has 0 N–H and O–H groups in total. The molecule has 3 heterocycles. The molecule has 4 aromatic rings. The SMILES string of the molecule is O=C(c1ccccc1)c1nc2ccccn2c1-c1ccccn1. The molecular weight excluding hydrogens is 286 g/mol. The van der Waals surface area contributed by atoms with Gasteiger partial charge in [0.25, 0.3) is 0 Å². The number of rotatable bonds is 3. The van der Waals surface area contributed by atoms with Crippen molar-refractivity contribution >= 4 is 11.4 Å². The molecule has 0 radical (unpaired) electrons. The van der Waals surface area contributed by atoms with E-state index in [9.17, 15) is 4.79 Å². The molecule has 23 heavy (non-hydrogen) atoms. The molecule has 4 nitrogen and oxygen atoms in total. The molecule has 0 aliphatic heterocycles. The van der Waals surface area contributed by atoms with Gasteiger partial charge in [-0.25, -0.2) is 4.98 Å². The van der Waals surface area contributed by atoms with Gasteiger partial charge in [-0.05, 0) is 24.3 Å². The van der Waals surface area contributed by atoms with E-state index in [1.165, 1.54) is 0 Å². The maximum absolute atomic E-state index is 12.9. The quantitative estimate of drug-likeness (QED) is 0.543. The van der Waals surface area contributed by atoms with Gasteiger partial charge < -0.3 is 0 Å². The van der Waals surface area contributed by atoms with Crippen molar-refractivity contribution < 1.29 is 4.79 Å². The molecule has 0 unspecified atom stereocenters. The summed E-state index contributed by atoms with van der Waals surface area (Å²) in [4.78, 5) is 21.8. The van der Waals surface area contributed by atoms with Crippen molar-refractivity contribution in [2.75, 3.05) is 0 Å². The zero-order valence-electron chi connectivity index (χ0n) is 12.3. The van der Waals surface area contributed by atoms with Crippen molar-refractivity contribution in [1.82, 2.24) is 14.4 Å². The third-order valence-electron chi connectivity index (χ3n) is 3.69. The highest BCUT2D eigenvalue weighted by molar-refractivity contribution is 6.11. The fourth-order valence-electron chi connectivity index (χ4n) is 2.63. The van der Waals surface area contributed by atoms with Gasteiger partial charge in [-0.1, -0.05) is 42.5 Å². The lowest BCUT2D eigenvalue weighted by Gasteiger charge is -2.04. The maximum atomic E-state index is 12.9. The van der Waals surface area contributed by atoms with Crippen LogP contribution in [0.5, 0.6) is 0 Å². The van der Waals surface area contributed by atoms with Crippen LogP contribution in [0.15, 0.2) is 79.1 Å². The number of nitrogens with zero attached hydrogens (tertiary/aromatic N) is 3. The van der Waals surface area contributed by atoms with Crippen LogP contribution in [0.4, 0.5) is 0 Å². The first-order valence-electron chi connectivity index (χ1n) is 7.33. The summed E-state index contributed by atoms with van der Waals surface area (Å²) in [5.74, 6) is -0.102. The van der Waals surface area contributed by atoms with Crippen LogP contribution in [-0.4, -0.2) is 20.2 Å². The monoisotopic (exact) mass is 299 g/mol. The molecule has 1 aromatic carbocycles. The highest BCUT2D eigenvalue weighted by Gasteiger charge is 2.21. The van der Waals surface area contributed by atoms with Crippen LogP contribution >= 0.6 is 0 Å². The number of hydrogen-bond donors (Lipinski definition) is 0. The van der Waals surface area contributed by atoms with E-state index in [-0.39, 0.29) is 5.78 Å². The van der Waals surface area contributed by atoms with E-state index in [0.29, 0.717) is 11.3 Å². The normalized spacial score (nSPS) is 10.8. The Morgan fingerprint density at radius 3 is 2.43 bits per heavy atom. The molecule has 0 aliphatic rings. The first-order valence-corrected chi connectivity index (χ1v) is 7.33. The Labute approximate surface area is 133 Å². The van der Waals surface area contributed by atoms with Crippen LogP contribution < -0.4 is 0 Å². The lowest BCUT2D eigenvalue weighted by molar-refractivity contribution is 0.103. The van der Waals surface area contributed by atoms with Gasteiger partial charge in [0.2, 0.25) is 5.78 Å². The highest BCUT2D eigenvalue weighted by atomic mass is 16.1. The third-order valence-corrected chi connectivity index (χ3v) is 3.69. The first kappa shape index (κ1) is 13.4. The Bertz CT molecular complexity index is 975. The summed E-state index contributed by atoms with van der Waals surface area (Å²) in [6, 6.07) is 20.5. The molecule has 4 rings (SSSR count). The maximum Gasteiger partial charge on any atom is 0.213 e. The number of hydrogen-bond acceptors (Lipinski definition) is 3. The van der Waals surface area contributed by atoms with E-state index < -0.39 is 0 Å². The number of pyridine rings is 2. The summed E-state index contributed by atoms with van der Waals surface area (Å²) in [7, 11) is 0. The summed E-state index contributed by atoms with van der Waals surface area (Å²) in [6.07, 6.45) is 3.61. The minimum absolute atomic E-state index is 0.102. The molecule has 110 valence electrons. The molecule has 0 spiro atoms. The molecule has 0 fully saturated rings. The number of fused-ring (bicyclic) bond motifs is 1. The lowest BCUT2D eigenvalue weighted by atomic mass is 10.1. The number of carbonyl (C=O) groups is 1. The summed E-state index contributed by atoms with van der Waals surface area (Å²) >= 11 is 0. The zero-order chi connectivity index (χ0) is 15.6. The fourth-order valence-corrected chi connectivity index (χ4v) is 2.63. The van der Waals surface area contributed by atoms with Crippen molar-refractivity contribution in [2.24, 2.45) is 0 Å². The highest BCUT2D eigenvalue weighted by Crippen LogP contribution is 2.25. The Balaban J connectivity index is 1.98. The molecular formula is C19H13N3O. The molecule has 0 amide bonds. The van der Waals surface area contributed by atoms with E-state index in [0.717, 1.165) is 17.0 Å². The molecule has 4 heteroatoms. The van der Waals surface area contributed by atoms with Crippen LogP contribution in [0.25, 0.3) is 17.0 Å². The summed E-state index contributed by atoms with van der Waals surface area (Å²) in [6.45, 7) is 0. The molecule has 0 atom stereocenters. The van der Waals surface area contributed by atoms with Crippen LogP contribution in [0.3, 0.4) is 0 Å². The lowest BCUT2D eigenvalue weighted by Crippen LogP contribution is -2.04. The number of carbonyl (C=O) groups excluding carboxylic acids is 1. The van der Waals surface area contributed by atoms with Crippen molar-refractivity contribution in [2.45, 2.75) is 0 Å². The number of ketones is 1. The van der Waals surface area contributed by atoms with Crippen LogP contribution in [0, 0.1) is 0 Å². The summed E-state index contributed by atoms with van der Waals surface area (Å²) < 4.78 is 1.90. The predicted molar refractivity (Wildman–Crippen MR) is 88.3 cm³/mol. The molecule has 0 saturated carbocycles. The molecule has 0 saturated heterocycles. The van der Waals surface area contributed by atoms with Gasteiger partial charge >= 0.3 is 0 Å². The van der Waals surface area contributed by atoms with Gasteiger partial charge in [-0.3, -0.25) is 14.2 Å². The van der Waals surface area contributed by atoms with Gasteiger partial charge in [-0.15, -0.1) is 0 Å². The van der Waals surface area contributed by atoms with Crippen molar-refractivity contribution in [3.05, 3.63) is 90.4 Å². The Morgan fingerprint density at radius 2 is 1.65 bits per heavy atom. The van der Waals surface area contributed by atoms with E-state index in [1.807, 2.05) is 65.2 Å². The van der Waals surface area contributed by atoms with Crippen molar-refractivity contribution in [1.29, 1.82) is 0 Å². The second-order valence-corrected chi connectivity index (χ2v) is 5.15. The van der Waals surface area contributed by atoms with Gasteiger partial charge in [-0.2, -0.15) is 0 Å². The third kappa shape index (κ3) is 2.30. The predicted octanol–water partition coefficient (Wildman–Crippen LogP) is 3.63. The fraction of sp³-hybridized carbons (Fsp3) is 0. The average molecular weight is 299 g/mol. The molecule has 0 aliphatic carbocycles. The largest absolute Gasteiger partial charge is 0.298 e. The second-order valence-electron chi connectivity index (χ2n) is 5.15. The Kier molecular flexibility index (Phi) is 3.20. The van der Waals surface area contributed by atoms with Crippen LogP contribution in [-0.2, 0) is 0 Å². The van der Waals surface area contributed by atoms with Crippen LogP contribution in [0.1, 0.15) is 16.1 Å². The van der Waals surface area contributed by atoms with E-state index in [1.54, 1.807) is 18.3 Å².